The third-order valence-electron chi connectivity index (χ3n) is 15.4. The van der Waals surface area contributed by atoms with Crippen LogP contribution in [0.15, 0.2) is 72.9 Å². The van der Waals surface area contributed by atoms with Gasteiger partial charge >= 0.3 is 17.9 Å². The molecule has 0 aromatic heterocycles. The van der Waals surface area contributed by atoms with Crippen LogP contribution in [0.4, 0.5) is 0 Å². The van der Waals surface area contributed by atoms with Gasteiger partial charge in [0.1, 0.15) is 13.2 Å². The van der Waals surface area contributed by atoms with Crippen LogP contribution in [0.1, 0.15) is 361 Å². The number of unbranched alkanes of at least 4 members (excludes halogenated alkanes) is 41. The second kappa shape index (κ2) is 68.3. The Balaban J connectivity index is 4.18. The molecule has 0 saturated carbocycles. The average molecular weight is 1120 g/mol. The summed E-state index contributed by atoms with van der Waals surface area (Å²) in [4.78, 5) is 38.4. The maximum absolute atomic E-state index is 12.9. The summed E-state index contributed by atoms with van der Waals surface area (Å²) in [7, 11) is 0. The largest absolute Gasteiger partial charge is 0.462 e. The molecule has 0 bridgehead atoms. The van der Waals surface area contributed by atoms with Gasteiger partial charge in [0.05, 0.1) is 0 Å². The van der Waals surface area contributed by atoms with Crippen molar-refractivity contribution >= 4 is 17.9 Å². The summed E-state index contributed by atoms with van der Waals surface area (Å²) in [5.41, 5.74) is 0. The Morgan fingerprint density at radius 1 is 0.263 bits per heavy atom. The maximum atomic E-state index is 12.9. The van der Waals surface area contributed by atoms with Gasteiger partial charge in [-0.1, -0.05) is 325 Å². The summed E-state index contributed by atoms with van der Waals surface area (Å²) in [6.45, 7) is 6.55. The van der Waals surface area contributed by atoms with Crippen LogP contribution in [-0.4, -0.2) is 37.2 Å². The topological polar surface area (TPSA) is 78.9 Å². The zero-order valence-electron chi connectivity index (χ0n) is 53.3. The summed E-state index contributed by atoms with van der Waals surface area (Å²) in [6.07, 6.45) is 89.3. The molecule has 6 heteroatoms. The van der Waals surface area contributed by atoms with E-state index in [0.29, 0.717) is 19.3 Å². The molecule has 0 aromatic rings. The SMILES string of the molecule is CC/C=C\C/C=C\C/C=C\C/C=C\C/C=C\CCCCCCCCCCCCCCCCCC(=O)OCC(COC(=O)CCCCCCC/C=C\CCCCC)OC(=O)CCCCCCCCCCCCCCCCCCCCC. The predicted molar refractivity (Wildman–Crippen MR) is 348 cm³/mol. The standard InChI is InChI=1S/C74H132O6/c1-4-7-10-13-16-19-22-25-27-29-31-32-33-34-35-36-37-38-39-40-41-42-44-45-47-49-52-55-58-61-64-67-73(76)79-70-71(69-78-72(75)66-63-60-57-54-51-24-21-18-15-12-9-6-3)80-74(77)68-65-62-59-56-53-50-48-46-43-30-28-26-23-20-17-14-11-8-5-2/h7,10,16,18-19,21,25,27,31-32,34-35,71H,4-6,8-9,11-15,17,20,22-24,26,28-30,33,36-70H2,1-3H3/b10-7-,19-16-,21-18-,27-25-,32-31-,35-34-. The van der Waals surface area contributed by atoms with Gasteiger partial charge in [-0.25, -0.2) is 0 Å². The van der Waals surface area contributed by atoms with Gasteiger partial charge in [0.25, 0.3) is 0 Å². The fourth-order valence-electron chi connectivity index (χ4n) is 10.2. The second-order valence-electron chi connectivity index (χ2n) is 23.4. The van der Waals surface area contributed by atoms with Crippen molar-refractivity contribution in [1.82, 2.24) is 0 Å². The summed E-state index contributed by atoms with van der Waals surface area (Å²) < 4.78 is 17.0. The van der Waals surface area contributed by atoms with E-state index in [-0.39, 0.29) is 31.1 Å². The molecule has 0 spiro atoms. The molecule has 0 aliphatic heterocycles. The Labute approximate surface area is 497 Å². The van der Waals surface area contributed by atoms with Crippen LogP contribution in [0, 0.1) is 0 Å². The van der Waals surface area contributed by atoms with E-state index in [0.717, 1.165) is 96.3 Å². The van der Waals surface area contributed by atoms with Gasteiger partial charge in [-0.2, -0.15) is 0 Å². The Bertz CT molecular complexity index is 1470. The van der Waals surface area contributed by atoms with E-state index in [1.807, 2.05) is 0 Å². The van der Waals surface area contributed by atoms with Gasteiger partial charge in [-0.15, -0.1) is 0 Å². The molecule has 464 valence electrons. The van der Waals surface area contributed by atoms with Crippen LogP contribution in [0.25, 0.3) is 0 Å². The fraction of sp³-hybridized carbons (Fsp3) is 0.797. The van der Waals surface area contributed by atoms with Crippen molar-refractivity contribution < 1.29 is 28.6 Å². The number of esters is 3. The van der Waals surface area contributed by atoms with Crippen molar-refractivity contribution in [2.24, 2.45) is 0 Å². The van der Waals surface area contributed by atoms with Crippen molar-refractivity contribution in [3.05, 3.63) is 72.9 Å². The van der Waals surface area contributed by atoms with E-state index in [1.165, 1.54) is 225 Å². The van der Waals surface area contributed by atoms with E-state index in [2.05, 4.69) is 93.7 Å². The normalized spacial score (nSPS) is 12.5. The number of rotatable bonds is 64. The minimum atomic E-state index is -0.776. The van der Waals surface area contributed by atoms with Gasteiger partial charge in [0, 0.05) is 19.3 Å². The highest BCUT2D eigenvalue weighted by Gasteiger charge is 2.19. The Hall–Kier alpha value is -3.15. The lowest BCUT2D eigenvalue weighted by Crippen LogP contribution is -2.30. The summed E-state index contributed by atoms with van der Waals surface area (Å²) >= 11 is 0. The summed E-state index contributed by atoms with van der Waals surface area (Å²) in [5, 5.41) is 0. The molecule has 0 N–H and O–H groups in total. The predicted octanol–water partition coefficient (Wildman–Crippen LogP) is 24.1. The van der Waals surface area contributed by atoms with Gasteiger partial charge in [-0.3, -0.25) is 14.4 Å². The Morgan fingerprint density at radius 2 is 0.487 bits per heavy atom. The van der Waals surface area contributed by atoms with E-state index < -0.39 is 6.10 Å². The van der Waals surface area contributed by atoms with Gasteiger partial charge in [0.2, 0.25) is 0 Å². The Morgan fingerprint density at radius 3 is 0.800 bits per heavy atom. The first kappa shape index (κ1) is 76.9. The first-order valence-corrected chi connectivity index (χ1v) is 34.9. The zero-order chi connectivity index (χ0) is 57.8. The van der Waals surface area contributed by atoms with Crippen LogP contribution in [0.3, 0.4) is 0 Å². The average Bonchev–Trinajstić information content (AvgIpc) is 3.46. The molecule has 80 heavy (non-hydrogen) atoms. The minimum Gasteiger partial charge on any atom is -0.462 e. The Kier molecular flexibility index (Phi) is 65.7. The van der Waals surface area contributed by atoms with E-state index in [4.69, 9.17) is 14.2 Å². The van der Waals surface area contributed by atoms with Crippen LogP contribution in [0.2, 0.25) is 0 Å². The lowest BCUT2D eigenvalue weighted by atomic mass is 10.0. The zero-order valence-corrected chi connectivity index (χ0v) is 53.3. The molecule has 0 aliphatic rings. The van der Waals surface area contributed by atoms with E-state index in [1.54, 1.807) is 0 Å². The third-order valence-corrected chi connectivity index (χ3v) is 15.4. The quantitative estimate of drug-likeness (QED) is 0.0261. The van der Waals surface area contributed by atoms with Crippen LogP contribution in [-0.2, 0) is 28.6 Å². The third kappa shape index (κ3) is 65.7. The van der Waals surface area contributed by atoms with Crippen molar-refractivity contribution in [3.63, 3.8) is 0 Å². The number of carbonyl (C=O) groups excluding carboxylic acids is 3. The van der Waals surface area contributed by atoms with Crippen molar-refractivity contribution in [1.29, 1.82) is 0 Å². The molecular formula is C74H132O6. The minimum absolute atomic E-state index is 0.0729. The van der Waals surface area contributed by atoms with E-state index in [9.17, 15) is 14.4 Å². The van der Waals surface area contributed by atoms with Crippen LogP contribution < -0.4 is 0 Å². The first-order chi connectivity index (χ1) is 39.5. The molecular weight excluding hydrogens is 985 g/mol. The van der Waals surface area contributed by atoms with Gasteiger partial charge in [0.15, 0.2) is 6.10 Å². The van der Waals surface area contributed by atoms with Crippen molar-refractivity contribution in [2.75, 3.05) is 13.2 Å². The number of hydrogen-bond donors (Lipinski definition) is 0. The van der Waals surface area contributed by atoms with Crippen LogP contribution >= 0.6 is 0 Å². The summed E-state index contributed by atoms with van der Waals surface area (Å²) in [5.74, 6) is -0.860. The maximum Gasteiger partial charge on any atom is 0.306 e. The highest BCUT2D eigenvalue weighted by atomic mass is 16.6. The molecule has 1 unspecified atom stereocenters. The number of carbonyl (C=O) groups is 3. The number of ether oxygens (including phenoxy) is 3. The molecule has 1 atom stereocenters. The van der Waals surface area contributed by atoms with Crippen molar-refractivity contribution in [2.45, 2.75) is 367 Å². The van der Waals surface area contributed by atoms with E-state index >= 15 is 0 Å². The fourth-order valence-corrected chi connectivity index (χ4v) is 10.2. The number of hydrogen-bond acceptors (Lipinski definition) is 6. The lowest BCUT2D eigenvalue weighted by molar-refractivity contribution is -0.167. The molecule has 0 fully saturated rings. The summed E-state index contributed by atoms with van der Waals surface area (Å²) in [6, 6.07) is 0. The van der Waals surface area contributed by atoms with Gasteiger partial charge < -0.3 is 14.2 Å². The van der Waals surface area contributed by atoms with Crippen molar-refractivity contribution in [3.8, 4) is 0 Å². The van der Waals surface area contributed by atoms with Crippen LogP contribution in [0.5, 0.6) is 0 Å². The van der Waals surface area contributed by atoms with Gasteiger partial charge in [-0.05, 0) is 89.9 Å². The second-order valence-corrected chi connectivity index (χ2v) is 23.4. The highest BCUT2D eigenvalue weighted by Crippen LogP contribution is 2.18. The molecule has 6 nitrogen and oxygen atoms in total. The monoisotopic (exact) mass is 1120 g/mol. The smallest absolute Gasteiger partial charge is 0.306 e. The molecule has 0 aromatic carbocycles. The molecule has 0 saturated heterocycles. The number of allylic oxidation sites excluding steroid dienone is 12. The molecule has 0 aliphatic carbocycles. The lowest BCUT2D eigenvalue weighted by Gasteiger charge is -2.18. The molecule has 0 heterocycles. The molecule has 0 rings (SSSR count). The first-order valence-electron chi connectivity index (χ1n) is 34.9. The molecule has 0 amide bonds. The molecule has 0 radical (unpaired) electrons. The highest BCUT2D eigenvalue weighted by molar-refractivity contribution is 5.71.